The summed E-state index contributed by atoms with van der Waals surface area (Å²) in [5.41, 5.74) is 19.6. The summed E-state index contributed by atoms with van der Waals surface area (Å²) in [6, 6.07) is 7.50. The normalized spacial score (nSPS) is 14.0. The largest absolute Gasteiger partial charge is 0.508 e. The van der Waals surface area contributed by atoms with Crippen molar-refractivity contribution < 1.29 is 73.2 Å². The van der Waals surface area contributed by atoms with Gasteiger partial charge >= 0.3 is 5.97 Å². The van der Waals surface area contributed by atoms with E-state index in [1.54, 1.807) is 49.5 Å². The Hall–Kier alpha value is -10.4. The molecule has 3 aromatic carbocycles. The van der Waals surface area contributed by atoms with Crippen molar-refractivity contribution in [3.63, 3.8) is 0 Å². The number of aromatic nitrogens is 3. The van der Waals surface area contributed by atoms with Crippen LogP contribution in [0.2, 0.25) is 0 Å². The Morgan fingerprint density at radius 1 is 0.527 bits per heavy atom. The minimum atomic E-state index is -1.79. The van der Waals surface area contributed by atoms with Crippen LogP contribution in [0.15, 0.2) is 103 Å². The molecule has 0 aliphatic rings. The topological polar surface area (TPSA) is 512 Å². The molecule has 10 amide bonds. The first-order valence-corrected chi connectivity index (χ1v) is 29.3. The maximum Gasteiger partial charge on any atom is 0.303 e. The number of imidazole rings is 1. The number of benzene rings is 3. The molecule has 0 saturated heterocycles. The molecule has 0 bridgehead atoms. The predicted molar refractivity (Wildman–Crippen MR) is 329 cm³/mol. The van der Waals surface area contributed by atoms with Crippen LogP contribution in [0.25, 0.3) is 10.9 Å². The number of amides is 10. The lowest BCUT2D eigenvalue weighted by Gasteiger charge is -2.28. The number of H-pyrrole nitrogens is 2. The summed E-state index contributed by atoms with van der Waals surface area (Å²) in [5, 5.41) is 63.2. The number of phenols is 1. The molecule has 0 spiro atoms. The number of carbonyl (C=O) groups is 11. The Morgan fingerprint density at radius 2 is 0.989 bits per heavy atom. The van der Waals surface area contributed by atoms with Crippen LogP contribution in [-0.2, 0) is 78.4 Å². The molecule has 5 rings (SSSR count). The fraction of sp³-hybridized carbons (Fsp3) is 0.417. The number of para-hydroxylation sites is 1. The Morgan fingerprint density at radius 3 is 1.49 bits per heavy atom. The number of aromatic amines is 2. The highest BCUT2D eigenvalue weighted by molar-refractivity contribution is 5.99. The van der Waals surface area contributed by atoms with Gasteiger partial charge in [-0.3, -0.25) is 57.7 Å². The predicted octanol–water partition coefficient (Wildman–Crippen LogP) is -3.17. The summed E-state index contributed by atoms with van der Waals surface area (Å²) in [5.74, 6) is -11.2. The van der Waals surface area contributed by atoms with Crippen molar-refractivity contribution in [3.05, 3.63) is 120 Å². The second-order valence-electron chi connectivity index (χ2n) is 21.4. The van der Waals surface area contributed by atoms with Crippen molar-refractivity contribution in [1.82, 2.24) is 62.8 Å². The third-order valence-electron chi connectivity index (χ3n) is 14.3. The van der Waals surface area contributed by atoms with Crippen LogP contribution in [-0.4, -0.2) is 181 Å². The number of nitrogens with zero attached hydrogens (tertiary/aromatic N) is 2. The zero-order valence-corrected chi connectivity index (χ0v) is 50.2. The number of aliphatic imine (C=N–C) groups is 1. The van der Waals surface area contributed by atoms with Gasteiger partial charge in [0.15, 0.2) is 5.96 Å². The van der Waals surface area contributed by atoms with E-state index in [0.29, 0.717) is 28.8 Å². The number of carboxylic acid groups (broad SMARTS) is 1. The van der Waals surface area contributed by atoms with E-state index in [9.17, 15) is 73.2 Å². The number of fused-ring (bicyclic) bond motifs is 1. The Balaban J connectivity index is 1.38. The van der Waals surface area contributed by atoms with Crippen LogP contribution in [0, 0.1) is 0 Å². The second-order valence-corrected chi connectivity index (χ2v) is 21.4. The molecule has 0 aliphatic heterocycles. The van der Waals surface area contributed by atoms with Gasteiger partial charge in [-0.05, 0) is 60.6 Å². The van der Waals surface area contributed by atoms with Gasteiger partial charge < -0.3 is 95.4 Å². The van der Waals surface area contributed by atoms with Crippen LogP contribution in [0.5, 0.6) is 5.75 Å². The number of aromatic hydroxyl groups is 1. The highest BCUT2D eigenvalue weighted by Crippen LogP contribution is 2.20. The van der Waals surface area contributed by atoms with Gasteiger partial charge in [0.25, 0.3) is 0 Å². The minimum Gasteiger partial charge on any atom is -0.508 e. The van der Waals surface area contributed by atoms with Gasteiger partial charge in [-0.1, -0.05) is 80.4 Å². The summed E-state index contributed by atoms with van der Waals surface area (Å²) in [7, 11) is 0. The van der Waals surface area contributed by atoms with Crippen LogP contribution < -0.4 is 65.1 Å². The molecule has 2 aromatic heterocycles. The summed E-state index contributed by atoms with van der Waals surface area (Å²) < 4.78 is 0. The van der Waals surface area contributed by atoms with E-state index in [1.807, 2.05) is 18.2 Å². The molecule has 5 aromatic rings. The molecule has 0 unspecified atom stereocenters. The van der Waals surface area contributed by atoms with E-state index in [-0.39, 0.29) is 69.6 Å². The maximum absolute atomic E-state index is 14.7. The molecule has 21 N–H and O–H groups in total. The number of aliphatic hydroxyl groups is 2. The van der Waals surface area contributed by atoms with Crippen LogP contribution in [0.3, 0.4) is 0 Å². The minimum absolute atomic E-state index is 0.0202. The van der Waals surface area contributed by atoms with Gasteiger partial charge in [-0.25, -0.2) is 4.98 Å². The fourth-order valence-electron chi connectivity index (χ4n) is 9.50. The van der Waals surface area contributed by atoms with E-state index >= 15 is 0 Å². The van der Waals surface area contributed by atoms with Crippen molar-refractivity contribution in [2.24, 2.45) is 22.2 Å². The van der Waals surface area contributed by atoms with Crippen LogP contribution in [0.1, 0.15) is 81.2 Å². The third kappa shape index (κ3) is 23.6. The standard InChI is InChI=1S/C60H80N16O15/c1-3-4-14-41(70-59(91)49(31-78)76-56(88)46(25-35-17-19-38(80)20-18-35)74-58(90)48(30-77)68-33(2)79)52(84)71-43(21-22-50(81)82)54(86)75-47(27-37-29-64-32-67-37)57(89)73-45(24-34-11-6-5-7-12-34)55(87)69-42(16-10-23-65-60(62)63)53(85)72-44(51(61)83)26-36-28-66-40-15-9-8-13-39(36)40/h5-9,11-13,15,17-20,28-29,32,41-49,66,77-78,80H,3-4,10,14,16,21-27,30-31H2,1-2H3,(H2,61,83)(H,64,67)(H,68,79)(H,69,87)(H,70,91)(H,71,84)(H,72,85)(H,73,89)(H,74,90)(H,75,86)(H,76,88)(H,81,82)(H4,62,63,65)/t41-,42-,43-,44-,45+,46-,47-,48-,49-/m0/s1. The number of nitrogens with two attached hydrogens (primary N) is 3. The molecule has 2 heterocycles. The molecule has 490 valence electrons. The summed E-state index contributed by atoms with van der Waals surface area (Å²) in [6.45, 7) is 0.997. The van der Waals surface area contributed by atoms with Gasteiger partial charge in [0, 0.05) is 74.6 Å². The number of aliphatic carboxylic acids is 1. The lowest BCUT2D eigenvalue weighted by molar-refractivity contribution is -0.139. The van der Waals surface area contributed by atoms with Gasteiger partial charge in [0.1, 0.15) is 60.1 Å². The van der Waals surface area contributed by atoms with E-state index in [2.05, 4.69) is 67.8 Å². The van der Waals surface area contributed by atoms with E-state index < -0.39 is 145 Å². The number of unbranched alkanes of at least 4 members (excludes halogenated alkanes) is 1. The molecule has 31 nitrogen and oxygen atoms in total. The third-order valence-corrected chi connectivity index (χ3v) is 14.3. The Kier molecular flexibility index (Phi) is 28.3. The highest BCUT2D eigenvalue weighted by atomic mass is 16.4. The number of primary amides is 1. The number of phenolic OH excluding ortho intramolecular Hbond substituents is 1. The summed E-state index contributed by atoms with van der Waals surface area (Å²) >= 11 is 0. The van der Waals surface area contributed by atoms with Crippen molar-refractivity contribution in [3.8, 4) is 5.75 Å². The molecule has 31 heteroatoms. The van der Waals surface area contributed by atoms with Gasteiger partial charge in [-0.15, -0.1) is 0 Å². The average Bonchev–Trinajstić information content (AvgIpc) is 4.21. The molecule has 0 aliphatic carbocycles. The zero-order chi connectivity index (χ0) is 66.6. The molecule has 0 fully saturated rings. The number of nitrogens with one attached hydrogen (secondary N) is 11. The first kappa shape index (κ1) is 71.3. The molecular formula is C60H80N16O15. The molecule has 0 saturated carbocycles. The maximum atomic E-state index is 14.7. The molecule has 91 heavy (non-hydrogen) atoms. The number of carbonyl (C=O) groups excluding carboxylic acids is 10. The first-order valence-electron chi connectivity index (χ1n) is 29.3. The molecule has 0 radical (unpaired) electrons. The van der Waals surface area contributed by atoms with Gasteiger partial charge in [0.05, 0.1) is 19.5 Å². The SMILES string of the molecule is CCCC[C@H](NC(=O)[C@H](CO)NC(=O)[C@H](Cc1ccc(O)cc1)NC(=O)[C@H](CO)NC(C)=O)C(=O)N[C@@H](CCC(=O)O)C(=O)N[C@@H](Cc1cnc[nH]1)C(=O)N[C@H](Cc1ccccc1)C(=O)N[C@@H](CCCN=C(N)N)C(=O)N[C@@H](Cc1c[nH]c2ccccc12)C(N)=O. The fourth-order valence-corrected chi connectivity index (χ4v) is 9.50. The smallest absolute Gasteiger partial charge is 0.303 e. The van der Waals surface area contributed by atoms with Crippen molar-refractivity contribution in [1.29, 1.82) is 0 Å². The zero-order valence-electron chi connectivity index (χ0n) is 50.2. The van der Waals surface area contributed by atoms with E-state index in [4.69, 9.17) is 17.2 Å². The average molecular weight is 1270 g/mol. The summed E-state index contributed by atoms with van der Waals surface area (Å²) in [6.07, 6.45) is 3.01. The van der Waals surface area contributed by atoms with Crippen LogP contribution >= 0.6 is 0 Å². The lowest BCUT2D eigenvalue weighted by Crippen LogP contribution is -2.61. The van der Waals surface area contributed by atoms with E-state index in [1.165, 1.54) is 36.8 Å². The van der Waals surface area contributed by atoms with Crippen molar-refractivity contribution >= 4 is 81.9 Å². The summed E-state index contributed by atoms with van der Waals surface area (Å²) in [4.78, 5) is 164. The first-order chi connectivity index (χ1) is 43.5. The van der Waals surface area contributed by atoms with Crippen molar-refractivity contribution in [2.75, 3.05) is 19.8 Å². The lowest BCUT2D eigenvalue weighted by atomic mass is 10.0. The van der Waals surface area contributed by atoms with Crippen molar-refractivity contribution in [2.45, 2.75) is 139 Å². The second kappa shape index (κ2) is 36.1. The van der Waals surface area contributed by atoms with Crippen LogP contribution in [0.4, 0.5) is 0 Å². The number of carboxylic acids is 1. The number of hydrogen-bond donors (Lipinski definition) is 18. The molecular weight excluding hydrogens is 1180 g/mol. The Labute approximate surface area is 522 Å². The number of hydrogen-bond acceptors (Lipinski definition) is 16. The molecule has 9 atom stereocenters. The monoisotopic (exact) mass is 1260 g/mol. The van der Waals surface area contributed by atoms with Gasteiger partial charge in [-0.2, -0.15) is 0 Å². The number of aliphatic hydroxyl groups excluding tert-OH is 2. The quantitative estimate of drug-likeness (QED) is 0.0105. The van der Waals surface area contributed by atoms with Gasteiger partial charge in [0.2, 0.25) is 59.1 Å². The number of rotatable bonds is 38. The van der Waals surface area contributed by atoms with E-state index in [0.717, 1.165) is 17.8 Å². The Bertz CT molecular complexity index is 3300. The highest BCUT2D eigenvalue weighted by Gasteiger charge is 2.36. The number of guanidine groups is 1.